The van der Waals surface area contributed by atoms with E-state index in [2.05, 4.69) is 21.2 Å². The van der Waals surface area contributed by atoms with E-state index in [9.17, 15) is 19.2 Å². The lowest BCUT2D eigenvalue weighted by Crippen LogP contribution is -2.31. The Bertz CT molecular complexity index is 1010. The highest BCUT2D eigenvalue weighted by molar-refractivity contribution is 9.10. The smallest absolute Gasteiger partial charge is 0.328 e. The van der Waals surface area contributed by atoms with E-state index in [0.717, 1.165) is 16.6 Å². The maximum atomic E-state index is 12.8. The monoisotopic (exact) mass is 474 g/mol. The van der Waals surface area contributed by atoms with Crippen LogP contribution in [0.4, 0.5) is 11.4 Å². The lowest BCUT2D eigenvalue weighted by atomic mass is 10.3. The summed E-state index contributed by atoms with van der Waals surface area (Å²) in [5.41, 5.74) is 0.981. The Kier molecular flexibility index (Phi) is 6.50. The molecule has 7 nitrogen and oxygen atoms in total. The van der Waals surface area contributed by atoms with Crippen LogP contribution in [0.15, 0.2) is 70.1 Å². The van der Waals surface area contributed by atoms with Gasteiger partial charge in [-0.15, -0.1) is 11.8 Å². The minimum Gasteiger partial charge on any atom is -0.478 e. The molecule has 1 aliphatic heterocycles. The molecule has 1 atom stereocenters. The fraction of sp³-hybridized carbons (Fsp3) is 0.100. The number of thioether (sulfide) groups is 1. The highest BCUT2D eigenvalue weighted by atomic mass is 79.9. The Morgan fingerprint density at radius 3 is 2.55 bits per heavy atom. The van der Waals surface area contributed by atoms with E-state index in [0.29, 0.717) is 16.3 Å². The number of carbonyl (C=O) groups is 4. The maximum absolute atomic E-state index is 12.8. The molecule has 148 valence electrons. The number of imide groups is 1. The molecule has 1 fully saturated rings. The molecule has 9 heteroatoms. The van der Waals surface area contributed by atoms with Crippen LogP contribution in [0.25, 0.3) is 0 Å². The van der Waals surface area contributed by atoms with Crippen LogP contribution in [0, 0.1) is 0 Å². The SMILES string of the molecule is O=C(O)/C=C/C(=O)Nc1cccc(SC2CC(=O)N(c3ccc(Br)cc3)C2=O)c1. The average molecular weight is 475 g/mol. The Morgan fingerprint density at radius 1 is 1.14 bits per heavy atom. The first-order valence-electron chi connectivity index (χ1n) is 8.44. The first kappa shape index (κ1) is 20.8. The second-order valence-electron chi connectivity index (χ2n) is 6.04. The summed E-state index contributed by atoms with van der Waals surface area (Å²) < 4.78 is 0.850. The van der Waals surface area contributed by atoms with E-state index in [4.69, 9.17) is 5.11 Å². The van der Waals surface area contributed by atoms with Gasteiger partial charge in [-0.1, -0.05) is 22.0 Å². The zero-order chi connectivity index (χ0) is 21.0. The van der Waals surface area contributed by atoms with Crippen LogP contribution in [0.5, 0.6) is 0 Å². The van der Waals surface area contributed by atoms with Gasteiger partial charge in [0.25, 0.3) is 0 Å². The van der Waals surface area contributed by atoms with E-state index >= 15 is 0 Å². The van der Waals surface area contributed by atoms with Crippen molar-refractivity contribution in [1.29, 1.82) is 0 Å². The molecule has 0 spiro atoms. The number of nitrogens with one attached hydrogen (secondary N) is 1. The molecular formula is C20H15BrN2O5S. The van der Waals surface area contributed by atoms with Crippen LogP contribution < -0.4 is 10.2 Å². The number of amides is 3. The van der Waals surface area contributed by atoms with Gasteiger partial charge in [0.05, 0.1) is 10.9 Å². The molecule has 2 aromatic rings. The fourth-order valence-corrected chi connectivity index (χ4v) is 4.08. The van der Waals surface area contributed by atoms with Crippen molar-refractivity contribution in [2.75, 3.05) is 10.2 Å². The van der Waals surface area contributed by atoms with Crippen molar-refractivity contribution in [3.63, 3.8) is 0 Å². The number of nitrogens with zero attached hydrogens (tertiary/aromatic N) is 1. The van der Waals surface area contributed by atoms with E-state index in [1.54, 1.807) is 48.5 Å². The topological polar surface area (TPSA) is 104 Å². The number of rotatable bonds is 6. The third kappa shape index (κ3) is 5.33. The van der Waals surface area contributed by atoms with Crippen LogP contribution >= 0.6 is 27.7 Å². The van der Waals surface area contributed by atoms with Crippen molar-refractivity contribution in [3.05, 3.63) is 65.2 Å². The Labute approximate surface area is 178 Å². The molecule has 1 heterocycles. The molecule has 0 aromatic heterocycles. The number of hydrogen-bond acceptors (Lipinski definition) is 5. The van der Waals surface area contributed by atoms with E-state index in [-0.39, 0.29) is 18.2 Å². The van der Waals surface area contributed by atoms with Gasteiger partial charge in [-0.05, 0) is 42.5 Å². The van der Waals surface area contributed by atoms with Crippen molar-refractivity contribution < 1.29 is 24.3 Å². The first-order chi connectivity index (χ1) is 13.8. The normalized spacial score (nSPS) is 16.4. The quantitative estimate of drug-likeness (QED) is 0.490. The van der Waals surface area contributed by atoms with Gasteiger partial charge < -0.3 is 10.4 Å². The molecule has 0 bridgehead atoms. The number of hydrogen-bond donors (Lipinski definition) is 2. The lowest BCUT2D eigenvalue weighted by molar-refractivity contribution is -0.131. The predicted octanol–water partition coefficient (Wildman–Crippen LogP) is 3.45. The first-order valence-corrected chi connectivity index (χ1v) is 10.1. The van der Waals surface area contributed by atoms with Crippen LogP contribution in [-0.4, -0.2) is 34.0 Å². The third-order valence-electron chi connectivity index (χ3n) is 3.95. The zero-order valence-electron chi connectivity index (χ0n) is 14.9. The van der Waals surface area contributed by atoms with Crippen LogP contribution in [0.1, 0.15) is 6.42 Å². The van der Waals surface area contributed by atoms with Crippen molar-refractivity contribution >= 4 is 62.8 Å². The molecule has 3 amide bonds. The van der Waals surface area contributed by atoms with Gasteiger partial charge in [0.2, 0.25) is 17.7 Å². The minimum atomic E-state index is -1.22. The second kappa shape index (κ2) is 9.06. The van der Waals surface area contributed by atoms with Crippen molar-refractivity contribution in [1.82, 2.24) is 0 Å². The molecule has 1 saturated heterocycles. The van der Waals surface area contributed by atoms with Gasteiger partial charge in [-0.2, -0.15) is 0 Å². The molecule has 2 aromatic carbocycles. The maximum Gasteiger partial charge on any atom is 0.328 e. The third-order valence-corrected chi connectivity index (χ3v) is 5.65. The molecular weight excluding hydrogens is 460 g/mol. The van der Waals surface area contributed by atoms with Gasteiger partial charge in [-0.25, -0.2) is 9.69 Å². The number of aliphatic carboxylic acids is 1. The molecule has 1 unspecified atom stereocenters. The van der Waals surface area contributed by atoms with Crippen molar-refractivity contribution in [2.45, 2.75) is 16.6 Å². The summed E-state index contributed by atoms with van der Waals surface area (Å²) in [5, 5.41) is 10.5. The molecule has 29 heavy (non-hydrogen) atoms. The minimum absolute atomic E-state index is 0.0809. The summed E-state index contributed by atoms with van der Waals surface area (Å²) in [5.74, 6) is -2.36. The Hall–Kier alpha value is -2.91. The summed E-state index contributed by atoms with van der Waals surface area (Å²) in [6, 6.07) is 13.7. The lowest BCUT2D eigenvalue weighted by Gasteiger charge is -2.15. The average Bonchev–Trinajstić information content (AvgIpc) is 2.94. The van der Waals surface area contributed by atoms with Crippen LogP contribution in [0.2, 0.25) is 0 Å². The number of carboxylic acids is 1. The number of carboxylic acid groups (broad SMARTS) is 1. The Balaban J connectivity index is 1.69. The molecule has 1 aliphatic rings. The fourth-order valence-electron chi connectivity index (χ4n) is 2.70. The largest absolute Gasteiger partial charge is 0.478 e. The highest BCUT2D eigenvalue weighted by Gasteiger charge is 2.40. The zero-order valence-corrected chi connectivity index (χ0v) is 17.3. The highest BCUT2D eigenvalue weighted by Crippen LogP contribution is 2.35. The van der Waals surface area contributed by atoms with Crippen LogP contribution in [0.3, 0.4) is 0 Å². The van der Waals surface area contributed by atoms with Gasteiger partial charge in [-0.3, -0.25) is 14.4 Å². The number of benzene rings is 2. The van der Waals surface area contributed by atoms with Gasteiger partial charge in [0, 0.05) is 33.6 Å². The molecule has 0 aliphatic carbocycles. The summed E-state index contributed by atoms with van der Waals surface area (Å²) >= 11 is 4.56. The predicted molar refractivity (Wildman–Crippen MR) is 113 cm³/mol. The molecule has 3 rings (SSSR count). The summed E-state index contributed by atoms with van der Waals surface area (Å²) in [7, 11) is 0. The second-order valence-corrected chi connectivity index (χ2v) is 8.23. The van der Waals surface area contributed by atoms with Crippen molar-refractivity contribution in [3.8, 4) is 0 Å². The molecule has 2 N–H and O–H groups in total. The van der Waals surface area contributed by atoms with E-state index < -0.39 is 17.1 Å². The Morgan fingerprint density at radius 2 is 1.86 bits per heavy atom. The van der Waals surface area contributed by atoms with Crippen molar-refractivity contribution in [2.24, 2.45) is 0 Å². The van der Waals surface area contributed by atoms with Gasteiger partial charge >= 0.3 is 5.97 Å². The number of anilines is 2. The summed E-state index contributed by atoms with van der Waals surface area (Å²) in [4.78, 5) is 49.2. The molecule has 0 saturated carbocycles. The van der Waals surface area contributed by atoms with E-state index in [1.807, 2.05) is 0 Å². The van der Waals surface area contributed by atoms with Crippen LogP contribution in [-0.2, 0) is 19.2 Å². The van der Waals surface area contributed by atoms with Gasteiger partial charge in [0.1, 0.15) is 0 Å². The number of halogens is 1. The summed E-state index contributed by atoms with van der Waals surface area (Å²) in [6.45, 7) is 0. The summed E-state index contributed by atoms with van der Waals surface area (Å²) in [6.07, 6.45) is 1.74. The van der Waals surface area contributed by atoms with E-state index in [1.165, 1.54) is 16.7 Å². The standard InChI is InChI=1S/C20H15BrN2O5S/c21-12-4-6-14(7-5-12)23-18(25)11-16(20(23)28)29-15-3-1-2-13(10-15)22-17(24)8-9-19(26)27/h1-10,16H,11H2,(H,22,24)(H,26,27)/b9-8+. The van der Waals surface area contributed by atoms with Gasteiger partial charge in [0.15, 0.2) is 0 Å². The molecule has 0 radical (unpaired) electrons. The number of carbonyl (C=O) groups excluding carboxylic acids is 3.